The Morgan fingerprint density at radius 2 is 2.00 bits per heavy atom. The van der Waals surface area contributed by atoms with Gasteiger partial charge in [-0.05, 0) is 57.3 Å². The quantitative estimate of drug-likeness (QED) is 0.402. The Bertz CT molecular complexity index is 1300. The van der Waals surface area contributed by atoms with Gasteiger partial charge in [0.25, 0.3) is 0 Å². The predicted molar refractivity (Wildman–Crippen MR) is 126 cm³/mol. The molecule has 178 valence electrons. The molecule has 2 aliphatic carbocycles. The SMILES string of the molecule is C#CC1CCC(Cn2c(C(C)=O)nc3nc(-c4noc(=O)[nH]4)nc(NC(C)C4CCC4)c32)CC1. The second kappa shape index (κ2) is 9.05. The fraction of sp³-hybridized carbons (Fsp3) is 0.583. The lowest BCUT2D eigenvalue weighted by Crippen LogP contribution is -2.31. The van der Waals surface area contributed by atoms with Crippen molar-refractivity contribution in [2.45, 2.75) is 71.4 Å². The number of hydrogen-bond acceptors (Lipinski definition) is 8. The molecular formula is C24H29N7O3. The van der Waals surface area contributed by atoms with Gasteiger partial charge in [-0.3, -0.25) is 14.3 Å². The van der Waals surface area contributed by atoms with Gasteiger partial charge in [0.05, 0.1) is 0 Å². The normalized spacial score (nSPS) is 21.7. The number of ketones is 1. The summed E-state index contributed by atoms with van der Waals surface area (Å²) in [6.45, 7) is 4.31. The van der Waals surface area contributed by atoms with E-state index in [1.165, 1.54) is 26.2 Å². The van der Waals surface area contributed by atoms with Crippen LogP contribution in [0.1, 0.15) is 69.4 Å². The molecule has 2 aliphatic rings. The lowest BCUT2D eigenvalue weighted by atomic mass is 9.80. The zero-order valence-electron chi connectivity index (χ0n) is 19.5. The van der Waals surface area contributed by atoms with Crippen LogP contribution in [-0.2, 0) is 6.54 Å². The zero-order valence-corrected chi connectivity index (χ0v) is 19.5. The third-order valence-corrected chi connectivity index (χ3v) is 7.31. The summed E-state index contributed by atoms with van der Waals surface area (Å²) in [4.78, 5) is 40.4. The van der Waals surface area contributed by atoms with E-state index in [-0.39, 0.29) is 23.5 Å². The van der Waals surface area contributed by atoms with Gasteiger partial charge in [-0.2, -0.15) is 0 Å². The average molecular weight is 464 g/mol. The molecule has 3 heterocycles. The Balaban J connectivity index is 1.59. The van der Waals surface area contributed by atoms with Gasteiger partial charge in [-0.1, -0.05) is 11.6 Å². The van der Waals surface area contributed by atoms with E-state index in [0.717, 1.165) is 25.7 Å². The first-order valence-corrected chi connectivity index (χ1v) is 12.0. The lowest BCUT2D eigenvalue weighted by Gasteiger charge is -2.32. The number of terminal acetylenes is 1. The van der Waals surface area contributed by atoms with Crippen LogP contribution < -0.4 is 11.1 Å². The standard InChI is InChI=1S/C24H29N7O3/c1-4-15-8-10-16(11-9-15)12-31-18-19(25-13(2)17-6-5-7-17)26-21(22-29-24(33)34-30-22)27-20(18)28-23(31)14(3)32/h1,13,15-17H,5-12H2,2-3H3,(H,25,26,27)(H,29,30,33). The number of carbonyl (C=O) groups excluding carboxylic acids is 1. The van der Waals surface area contributed by atoms with Crippen molar-refractivity contribution >= 4 is 22.8 Å². The third-order valence-electron chi connectivity index (χ3n) is 7.31. The number of anilines is 1. The van der Waals surface area contributed by atoms with Gasteiger partial charge in [0.2, 0.25) is 11.6 Å². The van der Waals surface area contributed by atoms with Crippen LogP contribution in [0.15, 0.2) is 9.32 Å². The minimum atomic E-state index is -0.687. The summed E-state index contributed by atoms with van der Waals surface area (Å²) >= 11 is 0. The monoisotopic (exact) mass is 463 g/mol. The summed E-state index contributed by atoms with van der Waals surface area (Å²) in [5.41, 5.74) is 1.09. The molecule has 2 saturated carbocycles. The highest BCUT2D eigenvalue weighted by molar-refractivity contribution is 5.96. The van der Waals surface area contributed by atoms with E-state index >= 15 is 0 Å². The molecule has 3 aromatic heterocycles. The number of rotatable bonds is 7. The van der Waals surface area contributed by atoms with Crippen molar-refractivity contribution in [1.29, 1.82) is 0 Å². The van der Waals surface area contributed by atoms with Gasteiger partial charge in [0.15, 0.2) is 23.1 Å². The highest BCUT2D eigenvalue weighted by Gasteiger charge is 2.29. The summed E-state index contributed by atoms with van der Waals surface area (Å²) in [7, 11) is 0. The van der Waals surface area contributed by atoms with Gasteiger partial charge in [-0.15, -0.1) is 12.3 Å². The highest BCUT2D eigenvalue weighted by Crippen LogP contribution is 2.35. The fourth-order valence-corrected chi connectivity index (χ4v) is 5.06. The predicted octanol–water partition coefficient (Wildman–Crippen LogP) is 3.41. The molecule has 1 atom stereocenters. The molecule has 0 aromatic carbocycles. The topological polar surface area (TPSA) is 132 Å². The van der Waals surface area contributed by atoms with Gasteiger partial charge >= 0.3 is 5.76 Å². The summed E-state index contributed by atoms with van der Waals surface area (Å²) in [5, 5.41) is 7.28. The van der Waals surface area contributed by atoms with E-state index in [1.54, 1.807) is 0 Å². The largest absolute Gasteiger partial charge is 0.439 e. The van der Waals surface area contributed by atoms with Crippen LogP contribution in [0.5, 0.6) is 0 Å². The Kier molecular flexibility index (Phi) is 5.94. The second-order valence-electron chi connectivity index (χ2n) is 9.62. The number of H-pyrrole nitrogens is 1. The molecule has 0 bridgehead atoms. The maximum Gasteiger partial charge on any atom is 0.439 e. The number of nitrogens with one attached hydrogen (secondary N) is 2. The van der Waals surface area contributed by atoms with Gasteiger partial charge in [0.1, 0.15) is 5.52 Å². The number of fused-ring (bicyclic) bond motifs is 1. The number of aromatic amines is 1. The third kappa shape index (κ3) is 4.22. The first-order valence-electron chi connectivity index (χ1n) is 12.0. The number of carbonyl (C=O) groups is 1. The molecule has 0 spiro atoms. The van der Waals surface area contributed by atoms with E-state index in [0.29, 0.717) is 47.1 Å². The molecule has 5 rings (SSSR count). The number of imidazole rings is 1. The molecule has 0 aliphatic heterocycles. The van der Waals surface area contributed by atoms with Crippen molar-refractivity contribution in [3.8, 4) is 24.0 Å². The molecule has 1 unspecified atom stereocenters. The molecule has 10 heteroatoms. The van der Waals surface area contributed by atoms with E-state index < -0.39 is 5.76 Å². The van der Waals surface area contributed by atoms with Crippen molar-refractivity contribution in [1.82, 2.24) is 29.7 Å². The highest BCUT2D eigenvalue weighted by atomic mass is 16.5. The summed E-state index contributed by atoms with van der Waals surface area (Å²) in [6, 6.07) is 0.186. The van der Waals surface area contributed by atoms with Gasteiger partial charge in [0, 0.05) is 25.4 Å². The van der Waals surface area contributed by atoms with Crippen LogP contribution in [0, 0.1) is 30.1 Å². The molecule has 34 heavy (non-hydrogen) atoms. The van der Waals surface area contributed by atoms with Crippen LogP contribution in [0.25, 0.3) is 22.8 Å². The number of aromatic nitrogens is 6. The second-order valence-corrected chi connectivity index (χ2v) is 9.62. The number of Topliss-reactive ketones (excluding diaryl/α,β-unsaturated/α-hetero) is 1. The van der Waals surface area contributed by atoms with Gasteiger partial charge in [-0.25, -0.2) is 19.7 Å². The Labute approximate surface area is 196 Å². The van der Waals surface area contributed by atoms with Crippen LogP contribution >= 0.6 is 0 Å². The molecule has 3 aromatic rings. The molecule has 0 radical (unpaired) electrons. The molecule has 2 N–H and O–H groups in total. The first-order chi connectivity index (χ1) is 16.4. The summed E-state index contributed by atoms with van der Waals surface area (Å²) in [5.74, 6) is 4.59. The lowest BCUT2D eigenvalue weighted by molar-refractivity contribution is 0.0998. The maximum atomic E-state index is 12.6. The van der Waals surface area contributed by atoms with Crippen molar-refractivity contribution in [2.75, 3.05) is 5.32 Å². The van der Waals surface area contributed by atoms with E-state index in [2.05, 4.69) is 42.8 Å². The van der Waals surface area contributed by atoms with Crippen LogP contribution in [0.2, 0.25) is 0 Å². The number of nitrogens with zero attached hydrogens (tertiary/aromatic N) is 5. The molecular weight excluding hydrogens is 434 g/mol. The van der Waals surface area contributed by atoms with Crippen molar-refractivity contribution in [3.63, 3.8) is 0 Å². The van der Waals surface area contributed by atoms with E-state index in [4.69, 9.17) is 11.4 Å². The van der Waals surface area contributed by atoms with Crippen molar-refractivity contribution < 1.29 is 9.32 Å². The molecule has 0 amide bonds. The van der Waals surface area contributed by atoms with Crippen molar-refractivity contribution in [3.05, 3.63) is 16.4 Å². The maximum absolute atomic E-state index is 12.6. The van der Waals surface area contributed by atoms with Crippen LogP contribution in [-0.4, -0.2) is 41.5 Å². The summed E-state index contributed by atoms with van der Waals surface area (Å²) in [6.07, 6.45) is 13.2. The first kappa shape index (κ1) is 22.3. The zero-order chi connectivity index (χ0) is 23.8. The van der Waals surface area contributed by atoms with E-state index in [1.807, 2.05) is 4.57 Å². The fourth-order valence-electron chi connectivity index (χ4n) is 5.06. The van der Waals surface area contributed by atoms with Crippen LogP contribution in [0.3, 0.4) is 0 Å². The molecule has 0 saturated heterocycles. The van der Waals surface area contributed by atoms with Crippen molar-refractivity contribution in [2.24, 2.45) is 17.8 Å². The van der Waals surface area contributed by atoms with E-state index in [9.17, 15) is 9.59 Å². The number of hydrogen-bond donors (Lipinski definition) is 2. The minimum absolute atomic E-state index is 0.123. The smallest absolute Gasteiger partial charge is 0.365 e. The Morgan fingerprint density at radius 3 is 2.59 bits per heavy atom. The average Bonchev–Trinajstić information content (AvgIpc) is 3.37. The molecule has 10 nitrogen and oxygen atoms in total. The Morgan fingerprint density at radius 1 is 1.24 bits per heavy atom. The van der Waals surface area contributed by atoms with Crippen LogP contribution in [0.4, 0.5) is 5.82 Å². The van der Waals surface area contributed by atoms with Gasteiger partial charge < -0.3 is 9.88 Å². The Hall–Kier alpha value is -3.48. The minimum Gasteiger partial charge on any atom is -0.365 e. The summed E-state index contributed by atoms with van der Waals surface area (Å²) < 4.78 is 6.61. The molecule has 2 fully saturated rings.